The van der Waals surface area contributed by atoms with Gasteiger partial charge in [0.15, 0.2) is 0 Å². The number of amides is 1. The van der Waals surface area contributed by atoms with Crippen molar-refractivity contribution < 1.29 is 24.2 Å². The normalized spacial score (nSPS) is 32.7. The number of furan rings is 1. The van der Waals surface area contributed by atoms with Crippen LogP contribution in [0.1, 0.15) is 53.8 Å². The van der Waals surface area contributed by atoms with Crippen molar-refractivity contribution in [1.82, 2.24) is 4.90 Å². The van der Waals surface area contributed by atoms with Gasteiger partial charge >= 0.3 is 5.97 Å². The number of carboxylic acids is 1. The molecule has 4 rings (SSSR count). The Morgan fingerprint density at radius 3 is 2.43 bits per heavy atom. The van der Waals surface area contributed by atoms with Crippen molar-refractivity contribution in [2.45, 2.75) is 51.3 Å². The van der Waals surface area contributed by atoms with Crippen LogP contribution in [-0.4, -0.2) is 33.1 Å². The van der Waals surface area contributed by atoms with E-state index < -0.39 is 5.97 Å². The number of carboxylic acid groups (broad SMARTS) is 1. The molecular formula is C17H21NO5. The molecule has 4 atom stereocenters. The lowest BCUT2D eigenvalue weighted by molar-refractivity contribution is -0.139. The Kier molecular flexibility index (Phi) is 3.44. The molecule has 0 spiro atoms. The van der Waals surface area contributed by atoms with E-state index in [1.807, 2.05) is 0 Å². The molecule has 3 aliphatic rings. The minimum Gasteiger partial charge on any atom is -0.478 e. The minimum atomic E-state index is -1.01. The number of hydrogen-bond donors (Lipinski definition) is 2. The van der Waals surface area contributed by atoms with Crippen LogP contribution >= 0.6 is 0 Å². The monoisotopic (exact) mass is 319 g/mol. The Hall–Kier alpha value is -1.82. The maximum atomic E-state index is 12.8. The lowest BCUT2D eigenvalue weighted by atomic mass is 9.67. The summed E-state index contributed by atoms with van der Waals surface area (Å²) < 4.78 is 5.32. The second kappa shape index (κ2) is 5.37. The van der Waals surface area contributed by atoms with E-state index in [-0.39, 0.29) is 23.5 Å². The number of aromatic carboxylic acids is 1. The van der Waals surface area contributed by atoms with Crippen molar-refractivity contribution in [3.63, 3.8) is 0 Å². The average Bonchev–Trinajstić information content (AvgIpc) is 3.04. The van der Waals surface area contributed by atoms with Crippen molar-refractivity contribution in [2.24, 2.45) is 17.8 Å². The molecule has 2 N–H and O–H groups in total. The minimum absolute atomic E-state index is 0.00327. The lowest BCUT2D eigenvalue weighted by Crippen LogP contribution is -2.40. The predicted octanol–water partition coefficient (Wildman–Crippen LogP) is 2.01. The molecule has 23 heavy (non-hydrogen) atoms. The predicted molar refractivity (Wildman–Crippen MR) is 79.5 cm³/mol. The number of carbonyl (C=O) groups is 2. The van der Waals surface area contributed by atoms with E-state index in [9.17, 15) is 14.7 Å². The number of carbonyl (C=O) groups excluding carboxylic acids is 1. The Balaban J connectivity index is 1.46. The maximum absolute atomic E-state index is 12.8. The molecule has 2 aliphatic carbocycles. The van der Waals surface area contributed by atoms with E-state index in [4.69, 9.17) is 9.52 Å². The van der Waals surface area contributed by atoms with Crippen LogP contribution in [0.4, 0.5) is 0 Å². The molecule has 2 heterocycles. The summed E-state index contributed by atoms with van der Waals surface area (Å²) in [6.45, 7) is 0.705. The third-order valence-corrected chi connectivity index (χ3v) is 5.67. The number of hydrogen-bond acceptors (Lipinski definition) is 4. The molecule has 2 bridgehead atoms. The SMILES string of the molecule is O=C(O)c1coc2c1CN(C(=O)C1C[C@H]3CC(O)C[C@@H](C1)C3)C2. The number of fused-ring (bicyclic) bond motifs is 3. The zero-order chi connectivity index (χ0) is 16.1. The quantitative estimate of drug-likeness (QED) is 0.870. The highest BCUT2D eigenvalue weighted by molar-refractivity contribution is 5.90. The van der Waals surface area contributed by atoms with Crippen LogP contribution in [0, 0.1) is 17.8 Å². The summed E-state index contributed by atoms with van der Waals surface area (Å²) in [7, 11) is 0. The zero-order valence-corrected chi connectivity index (χ0v) is 12.9. The van der Waals surface area contributed by atoms with E-state index in [1.165, 1.54) is 6.26 Å². The van der Waals surface area contributed by atoms with Gasteiger partial charge in [0.25, 0.3) is 0 Å². The van der Waals surface area contributed by atoms with Crippen LogP contribution in [0.15, 0.2) is 10.7 Å². The molecule has 1 aromatic rings. The van der Waals surface area contributed by atoms with Gasteiger partial charge in [-0.15, -0.1) is 0 Å². The van der Waals surface area contributed by atoms with Gasteiger partial charge in [-0.2, -0.15) is 0 Å². The zero-order valence-electron chi connectivity index (χ0n) is 12.9. The van der Waals surface area contributed by atoms with Crippen LogP contribution in [0.25, 0.3) is 0 Å². The molecule has 0 aromatic carbocycles. The highest BCUT2D eigenvalue weighted by Crippen LogP contribution is 2.44. The van der Waals surface area contributed by atoms with Gasteiger partial charge in [0.05, 0.1) is 19.2 Å². The second-order valence-electron chi connectivity index (χ2n) is 7.31. The molecule has 2 unspecified atom stereocenters. The summed E-state index contributed by atoms with van der Waals surface area (Å²) >= 11 is 0. The summed E-state index contributed by atoms with van der Waals surface area (Å²) in [4.78, 5) is 25.7. The first kappa shape index (κ1) is 14.8. The first-order chi connectivity index (χ1) is 11.0. The Morgan fingerprint density at radius 2 is 1.78 bits per heavy atom. The van der Waals surface area contributed by atoms with Gasteiger partial charge < -0.3 is 19.5 Å². The highest BCUT2D eigenvalue weighted by Gasteiger charge is 2.41. The van der Waals surface area contributed by atoms with Crippen molar-refractivity contribution >= 4 is 11.9 Å². The lowest BCUT2D eigenvalue weighted by Gasteiger charge is -2.41. The molecule has 2 saturated carbocycles. The maximum Gasteiger partial charge on any atom is 0.339 e. The van der Waals surface area contributed by atoms with Gasteiger partial charge in [-0.3, -0.25) is 4.79 Å². The van der Waals surface area contributed by atoms with Gasteiger partial charge in [0, 0.05) is 11.5 Å². The molecule has 1 aliphatic heterocycles. The van der Waals surface area contributed by atoms with Gasteiger partial charge in [0.2, 0.25) is 5.91 Å². The fourth-order valence-electron chi connectivity index (χ4n) is 4.76. The largest absolute Gasteiger partial charge is 0.478 e. The van der Waals surface area contributed by atoms with E-state index in [0.717, 1.165) is 32.1 Å². The molecule has 6 heteroatoms. The highest BCUT2D eigenvalue weighted by atomic mass is 16.4. The topological polar surface area (TPSA) is 91.0 Å². The average molecular weight is 319 g/mol. The van der Waals surface area contributed by atoms with Crippen molar-refractivity contribution in [3.05, 3.63) is 23.2 Å². The Labute approximate surface area is 134 Å². The number of rotatable bonds is 2. The first-order valence-electron chi connectivity index (χ1n) is 8.30. The van der Waals surface area contributed by atoms with Gasteiger partial charge in [0.1, 0.15) is 17.6 Å². The van der Waals surface area contributed by atoms with E-state index in [2.05, 4.69) is 0 Å². The van der Waals surface area contributed by atoms with Gasteiger partial charge in [-0.1, -0.05) is 0 Å². The van der Waals surface area contributed by atoms with Crippen LogP contribution in [0.3, 0.4) is 0 Å². The molecule has 124 valence electrons. The standard InChI is InChI=1S/C17H21NO5/c19-12-4-9-1-10(5-12)3-11(2-9)16(20)18-6-13-14(17(21)22)8-23-15(13)7-18/h8-12,19H,1-7H2,(H,21,22)/t9-,10+,11?,12?. The fourth-order valence-corrected chi connectivity index (χ4v) is 4.76. The number of aliphatic hydroxyl groups is 1. The van der Waals surface area contributed by atoms with Crippen molar-refractivity contribution in [1.29, 1.82) is 0 Å². The third kappa shape index (κ3) is 2.55. The first-order valence-corrected chi connectivity index (χ1v) is 8.30. The molecule has 1 amide bonds. The molecular weight excluding hydrogens is 298 g/mol. The Morgan fingerprint density at radius 1 is 1.09 bits per heavy atom. The third-order valence-electron chi connectivity index (χ3n) is 5.67. The van der Waals surface area contributed by atoms with Crippen LogP contribution in [0.2, 0.25) is 0 Å². The van der Waals surface area contributed by atoms with Crippen LogP contribution < -0.4 is 0 Å². The molecule has 0 radical (unpaired) electrons. The summed E-state index contributed by atoms with van der Waals surface area (Å²) in [5, 5.41) is 19.0. The summed E-state index contributed by atoms with van der Waals surface area (Å²) in [5.74, 6) is 0.592. The molecule has 2 fully saturated rings. The van der Waals surface area contributed by atoms with Crippen molar-refractivity contribution in [2.75, 3.05) is 0 Å². The number of aliphatic hydroxyl groups excluding tert-OH is 1. The smallest absolute Gasteiger partial charge is 0.339 e. The summed E-state index contributed by atoms with van der Waals surface area (Å²) in [5.41, 5.74) is 0.802. The van der Waals surface area contributed by atoms with E-state index in [0.29, 0.717) is 36.2 Å². The second-order valence-corrected chi connectivity index (χ2v) is 7.31. The molecule has 6 nitrogen and oxygen atoms in total. The van der Waals surface area contributed by atoms with Crippen molar-refractivity contribution in [3.8, 4) is 0 Å². The molecule has 1 aromatic heterocycles. The summed E-state index contributed by atoms with van der Waals surface area (Å²) in [6, 6.07) is 0. The fraction of sp³-hybridized carbons (Fsp3) is 0.647. The number of nitrogens with zero attached hydrogens (tertiary/aromatic N) is 1. The van der Waals surface area contributed by atoms with Crippen LogP contribution in [0.5, 0.6) is 0 Å². The summed E-state index contributed by atoms with van der Waals surface area (Å²) in [6.07, 6.45) is 5.50. The Bertz CT molecular complexity index is 633. The van der Waals surface area contributed by atoms with Gasteiger partial charge in [-0.25, -0.2) is 4.79 Å². The molecule has 0 saturated heterocycles. The van der Waals surface area contributed by atoms with E-state index >= 15 is 0 Å². The van der Waals surface area contributed by atoms with E-state index in [1.54, 1.807) is 4.90 Å². The van der Waals surface area contributed by atoms with Gasteiger partial charge in [-0.05, 0) is 43.9 Å². The van der Waals surface area contributed by atoms with Crippen LogP contribution in [-0.2, 0) is 17.9 Å².